The number of aliphatic hydroxyl groups excluding tert-OH is 1. The first-order valence-electron chi connectivity index (χ1n) is 13.1. The molecule has 2 aromatic carbocycles. The first kappa shape index (κ1) is 27.7. The number of aryl methyl sites for hydroxylation is 1. The van der Waals surface area contributed by atoms with Crippen molar-refractivity contribution in [1.82, 2.24) is 9.88 Å². The van der Waals surface area contributed by atoms with E-state index in [4.69, 9.17) is 14.2 Å². The van der Waals surface area contributed by atoms with Gasteiger partial charge in [0.05, 0.1) is 31.9 Å². The minimum atomic E-state index is -0.851. The second kappa shape index (κ2) is 12.5. The molecule has 0 spiro atoms. The van der Waals surface area contributed by atoms with Crippen LogP contribution in [0.3, 0.4) is 0 Å². The third-order valence-electron chi connectivity index (χ3n) is 6.62. The predicted octanol–water partition coefficient (Wildman–Crippen LogP) is 5.60. The second-order valence-corrected chi connectivity index (χ2v) is 9.31. The van der Waals surface area contributed by atoms with Gasteiger partial charge in [0.1, 0.15) is 11.5 Å². The zero-order valence-corrected chi connectivity index (χ0v) is 22.8. The minimum absolute atomic E-state index is 0.00848. The number of ether oxygens (including phenoxy) is 3. The maximum atomic E-state index is 13.4. The van der Waals surface area contributed by atoms with Gasteiger partial charge < -0.3 is 24.2 Å². The zero-order chi connectivity index (χ0) is 27.9. The highest BCUT2D eigenvalue weighted by Crippen LogP contribution is 2.43. The summed E-state index contributed by atoms with van der Waals surface area (Å²) in [4.78, 5) is 32.4. The van der Waals surface area contributed by atoms with Crippen molar-refractivity contribution in [1.29, 1.82) is 0 Å². The van der Waals surface area contributed by atoms with Crippen LogP contribution in [0.1, 0.15) is 55.0 Å². The number of Topliss-reactive ketones (excluding diaryl/α,β-unsaturated/α-hetero) is 1. The largest absolute Gasteiger partial charge is 0.507 e. The fourth-order valence-corrected chi connectivity index (χ4v) is 4.65. The van der Waals surface area contributed by atoms with E-state index in [2.05, 4.69) is 11.9 Å². The molecule has 1 unspecified atom stereocenters. The Kier molecular flexibility index (Phi) is 8.86. The number of aromatic nitrogens is 1. The Bertz CT molecular complexity index is 1370. The molecule has 1 fully saturated rings. The first-order chi connectivity index (χ1) is 18.9. The Morgan fingerprint density at radius 1 is 1.03 bits per heavy atom. The van der Waals surface area contributed by atoms with E-state index < -0.39 is 17.7 Å². The number of rotatable bonds is 11. The van der Waals surface area contributed by atoms with Crippen molar-refractivity contribution >= 4 is 17.4 Å². The van der Waals surface area contributed by atoms with Crippen molar-refractivity contribution in [3.8, 4) is 17.2 Å². The molecule has 2 heterocycles. The molecule has 204 valence electrons. The van der Waals surface area contributed by atoms with E-state index in [-0.39, 0.29) is 17.9 Å². The van der Waals surface area contributed by atoms with Gasteiger partial charge in [-0.2, -0.15) is 0 Å². The Labute approximate surface area is 228 Å². The van der Waals surface area contributed by atoms with Gasteiger partial charge in [-0.05, 0) is 73.4 Å². The molecule has 1 aromatic heterocycles. The SMILES string of the molecule is CCCCOc1ccc(C(O)=C2C(=O)C(=O)N(Cc3cccnc3)C2c2ccc(OCC)c(OC)c2)cc1C. The third kappa shape index (κ3) is 5.90. The number of unbranched alkanes of at least 4 members (excludes halogenated alkanes) is 1. The Morgan fingerprint density at radius 2 is 1.82 bits per heavy atom. The zero-order valence-electron chi connectivity index (χ0n) is 22.8. The molecule has 4 rings (SSSR count). The number of likely N-dealkylation sites (tertiary alicyclic amines) is 1. The summed E-state index contributed by atoms with van der Waals surface area (Å²) in [5.41, 5.74) is 2.62. The molecular weight excluding hydrogens is 496 g/mol. The molecule has 1 N–H and O–H groups in total. The van der Waals surface area contributed by atoms with Gasteiger partial charge in [-0.1, -0.05) is 25.5 Å². The van der Waals surface area contributed by atoms with Crippen LogP contribution in [0.5, 0.6) is 17.2 Å². The van der Waals surface area contributed by atoms with Gasteiger partial charge in [0.15, 0.2) is 11.5 Å². The van der Waals surface area contributed by atoms with Gasteiger partial charge in [-0.15, -0.1) is 0 Å². The standard InChI is InChI=1S/C31H34N2O6/c1-5-7-15-39-24-12-11-23(16-20(24)3)29(34)27-28(22-10-13-25(38-6-2)26(17-22)37-4)33(31(36)30(27)35)19-21-9-8-14-32-18-21/h8-14,16-18,28,34H,5-7,15,19H2,1-4H3. The summed E-state index contributed by atoms with van der Waals surface area (Å²) in [7, 11) is 1.53. The number of aliphatic hydroxyl groups is 1. The van der Waals surface area contributed by atoms with Gasteiger partial charge >= 0.3 is 0 Å². The molecule has 1 aliphatic rings. The van der Waals surface area contributed by atoms with E-state index in [0.717, 1.165) is 24.0 Å². The average Bonchev–Trinajstić information content (AvgIpc) is 3.19. The number of methoxy groups -OCH3 is 1. The maximum absolute atomic E-state index is 13.4. The molecule has 8 heteroatoms. The summed E-state index contributed by atoms with van der Waals surface area (Å²) in [5.74, 6) is 0.0191. The number of nitrogens with zero attached hydrogens (tertiary/aromatic N) is 2. The van der Waals surface area contributed by atoms with E-state index >= 15 is 0 Å². The van der Waals surface area contributed by atoms with Crippen LogP contribution < -0.4 is 14.2 Å². The Balaban J connectivity index is 1.82. The highest BCUT2D eigenvalue weighted by Gasteiger charge is 2.46. The van der Waals surface area contributed by atoms with Gasteiger partial charge in [0.2, 0.25) is 0 Å². The Hall–Kier alpha value is -4.33. The van der Waals surface area contributed by atoms with E-state index in [1.54, 1.807) is 54.9 Å². The van der Waals surface area contributed by atoms with Crippen molar-refractivity contribution < 1.29 is 28.9 Å². The lowest BCUT2D eigenvalue weighted by Gasteiger charge is -2.26. The number of benzene rings is 2. The number of amides is 1. The molecule has 0 bridgehead atoms. The first-order valence-corrected chi connectivity index (χ1v) is 13.1. The van der Waals surface area contributed by atoms with Crippen LogP contribution in [0, 0.1) is 6.92 Å². The lowest BCUT2D eigenvalue weighted by Crippen LogP contribution is -2.29. The quantitative estimate of drug-likeness (QED) is 0.149. The summed E-state index contributed by atoms with van der Waals surface area (Å²) in [6.07, 6.45) is 5.25. The molecule has 0 radical (unpaired) electrons. The van der Waals surface area contributed by atoms with Crippen molar-refractivity contribution in [2.45, 2.75) is 46.2 Å². The summed E-state index contributed by atoms with van der Waals surface area (Å²) < 4.78 is 17.0. The van der Waals surface area contributed by atoms with Gasteiger partial charge in [-0.25, -0.2) is 0 Å². The van der Waals surface area contributed by atoms with E-state index in [1.807, 2.05) is 19.9 Å². The molecule has 39 heavy (non-hydrogen) atoms. The molecule has 3 aromatic rings. The molecule has 1 saturated heterocycles. The number of carbonyl (C=O) groups excluding carboxylic acids is 2. The highest BCUT2D eigenvalue weighted by atomic mass is 16.5. The number of hydrogen-bond donors (Lipinski definition) is 1. The van der Waals surface area contributed by atoms with Crippen LogP contribution in [-0.4, -0.2) is 47.0 Å². The molecular formula is C31H34N2O6. The van der Waals surface area contributed by atoms with E-state index in [0.29, 0.717) is 41.6 Å². The maximum Gasteiger partial charge on any atom is 0.295 e. The van der Waals surface area contributed by atoms with Crippen LogP contribution in [0.25, 0.3) is 5.76 Å². The van der Waals surface area contributed by atoms with Crippen LogP contribution in [0.2, 0.25) is 0 Å². The normalized spacial score (nSPS) is 16.4. The third-order valence-corrected chi connectivity index (χ3v) is 6.62. The molecule has 0 saturated carbocycles. The second-order valence-electron chi connectivity index (χ2n) is 9.31. The number of ketones is 1. The molecule has 0 aliphatic carbocycles. The van der Waals surface area contributed by atoms with Crippen molar-refractivity contribution in [3.05, 3.63) is 88.8 Å². The van der Waals surface area contributed by atoms with E-state index in [9.17, 15) is 14.7 Å². The van der Waals surface area contributed by atoms with Gasteiger partial charge in [0, 0.05) is 24.5 Å². The fourth-order valence-electron chi connectivity index (χ4n) is 4.65. The predicted molar refractivity (Wildman–Crippen MR) is 148 cm³/mol. The molecule has 1 aliphatic heterocycles. The fraction of sp³-hybridized carbons (Fsp3) is 0.323. The van der Waals surface area contributed by atoms with Crippen molar-refractivity contribution in [2.24, 2.45) is 0 Å². The average molecular weight is 531 g/mol. The van der Waals surface area contributed by atoms with Crippen LogP contribution in [0.15, 0.2) is 66.5 Å². The molecule has 1 amide bonds. The summed E-state index contributed by atoms with van der Waals surface area (Å²) in [6, 6.07) is 13.3. The number of pyridine rings is 1. The molecule has 1 atom stereocenters. The Morgan fingerprint density at radius 3 is 2.49 bits per heavy atom. The minimum Gasteiger partial charge on any atom is -0.507 e. The van der Waals surface area contributed by atoms with Crippen molar-refractivity contribution in [2.75, 3.05) is 20.3 Å². The van der Waals surface area contributed by atoms with Crippen molar-refractivity contribution in [3.63, 3.8) is 0 Å². The highest BCUT2D eigenvalue weighted by molar-refractivity contribution is 6.46. The summed E-state index contributed by atoms with van der Waals surface area (Å²) in [5, 5.41) is 11.5. The van der Waals surface area contributed by atoms with Gasteiger partial charge in [-0.3, -0.25) is 14.6 Å². The smallest absolute Gasteiger partial charge is 0.295 e. The van der Waals surface area contributed by atoms with Crippen LogP contribution in [0.4, 0.5) is 0 Å². The monoisotopic (exact) mass is 530 g/mol. The van der Waals surface area contributed by atoms with Gasteiger partial charge in [0.25, 0.3) is 11.7 Å². The molecule has 8 nitrogen and oxygen atoms in total. The number of carbonyl (C=O) groups is 2. The lowest BCUT2D eigenvalue weighted by atomic mass is 9.94. The summed E-state index contributed by atoms with van der Waals surface area (Å²) in [6.45, 7) is 7.04. The lowest BCUT2D eigenvalue weighted by molar-refractivity contribution is -0.140. The van der Waals surface area contributed by atoms with Crippen LogP contribution >= 0.6 is 0 Å². The van der Waals surface area contributed by atoms with Crippen LogP contribution in [-0.2, 0) is 16.1 Å². The topological polar surface area (TPSA) is 98.2 Å². The summed E-state index contributed by atoms with van der Waals surface area (Å²) >= 11 is 0. The number of hydrogen-bond acceptors (Lipinski definition) is 7. The van der Waals surface area contributed by atoms with E-state index in [1.165, 1.54) is 12.0 Å².